The molecular weight excluding hydrogens is 477 g/mol. The van der Waals surface area contributed by atoms with Crippen molar-refractivity contribution in [2.75, 3.05) is 16.3 Å². The van der Waals surface area contributed by atoms with Crippen molar-refractivity contribution < 1.29 is 9.59 Å². The number of nitrogens with one attached hydrogen (secondary N) is 1. The number of carbonyl (C=O) groups excluding carboxylic acids is 2. The van der Waals surface area contributed by atoms with Crippen LogP contribution in [-0.4, -0.2) is 29.0 Å². The molecule has 0 saturated carbocycles. The van der Waals surface area contributed by atoms with Crippen molar-refractivity contribution in [3.63, 3.8) is 0 Å². The zero-order valence-corrected chi connectivity index (χ0v) is 21.0. The summed E-state index contributed by atoms with van der Waals surface area (Å²) >= 11 is 17.7. The molecule has 1 saturated heterocycles. The molecule has 1 fully saturated rings. The van der Waals surface area contributed by atoms with E-state index in [1.54, 1.807) is 24.3 Å². The Kier molecular flexibility index (Phi) is 6.12. The smallest absolute Gasteiger partial charge is 0.270 e. The van der Waals surface area contributed by atoms with Crippen LogP contribution in [0, 0.1) is 0 Å². The summed E-state index contributed by atoms with van der Waals surface area (Å²) in [5, 5.41) is 3.00. The lowest BCUT2D eigenvalue weighted by atomic mass is 9.88. The predicted molar refractivity (Wildman–Crippen MR) is 140 cm³/mol. The number of hydrogen-bond donors (Lipinski definition) is 1. The van der Waals surface area contributed by atoms with Crippen molar-refractivity contribution in [2.24, 2.45) is 0 Å². The Balaban J connectivity index is 1.77. The van der Waals surface area contributed by atoms with Gasteiger partial charge in [0.05, 0.1) is 21.3 Å². The number of nitrogens with zero attached hydrogens (tertiary/aromatic N) is 2. The van der Waals surface area contributed by atoms with Crippen LogP contribution in [0.25, 0.3) is 11.6 Å². The Labute approximate surface area is 208 Å². The molecule has 0 aliphatic carbocycles. The number of likely N-dealkylation sites (N-methyl/N-ethyl adjacent to an activating group) is 1. The number of allylic oxidation sites excluding steroid dienone is 1. The number of benzene rings is 2. The molecule has 1 N–H and O–H groups in total. The van der Waals surface area contributed by atoms with Crippen molar-refractivity contribution in [1.82, 2.24) is 5.32 Å². The van der Waals surface area contributed by atoms with E-state index in [4.69, 9.17) is 35.4 Å². The van der Waals surface area contributed by atoms with Crippen molar-refractivity contribution in [1.29, 1.82) is 0 Å². The summed E-state index contributed by atoms with van der Waals surface area (Å²) in [5.74, 6) is -1.12. The molecule has 4 rings (SSSR count). The van der Waals surface area contributed by atoms with Gasteiger partial charge in [-0.2, -0.15) is 0 Å². The number of halogens is 2. The lowest BCUT2D eigenvalue weighted by Gasteiger charge is -2.42. The van der Waals surface area contributed by atoms with E-state index < -0.39 is 11.8 Å². The minimum Gasteiger partial charge on any atom is -0.363 e. The predicted octanol–water partition coefficient (Wildman–Crippen LogP) is 5.85. The van der Waals surface area contributed by atoms with Gasteiger partial charge < -0.3 is 4.90 Å². The fourth-order valence-corrected chi connectivity index (χ4v) is 5.13. The summed E-state index contributed by atoms with van der Waals surface area (Å²) in [5.41, 5.74) is 4.25. The molecule has 2 aromatic rings. The van der Waals surface area contributed by atoms with Gasteiger partial charge in [0.15, 0.2) is 5.11 Å². The summed E-state index contributed by atoms with van der Waals surface area (Å²) < 4.78 is 0. The Hall–Kier alpha value is -2.67. The van der Waals surface area contributed by atoms with Gasteiger partial charge in [0.25, 0.3) is 11.8 Å². The number of carbonyl (C=O) groups is 2. The number of fused-ring (bicyclic) bond motifs is 1. The maximum atomic E-state index is 13.3. The molecule has 170 valence electrons. The van der Waals surface area contributed by atoms with Crippen LogP contribution in [0.3, 0.4) is 0 Å². The molecule has 2 aliphatic rings. The second kappa shape index (κ2) is 8.60. The molecule has 8 heteroatoms. The fraction of sp³-hybridized carbons (Fsp3) is 0.240. The van der Waals surface area contributed by atoms with Gasteiger partial charge in [0.2, 0.25) is 0 Å². The number of hydrogen-bond acceptors (Lipinski definition) is 4. The fourth-order valence-electron chi connectivity index (χ4n) is 4.48. The monoisotopic (exact) mass is 499 g/mol. The number of amides is 2. The molecule has 2 aliphatic heterocycles. The van der Waals surface area contributed by atoms with Gasteiger partial charge in [-0.15, -0.1) is 0 Å². The first-order valence-corrected chi connectivity index (χ1v) is 11.7. The summed E-state index contributed by atoms with van der Waals surface area (Å²) in [7, 11) is 0. The number of anilines is 2. The van der Waals surface area contributed by atoms with E-state index in [1.165, 1.54) is 4.90 Å². The maximum Gasteiger partial charge on any atom is 0.270 e. The third kappa shape index (κ3) is 4.07. The molecule has 0 radical (unpaired) electrons. The summed E-state index contributed by atoms with van der Waals surface area (Å²) in [6.45, 7) is 9.42. The van der Waals surface area contributed by atoms with Crippen LogP contribution in [0.1, 0.15) is 38.8 Å². The minimum atomic E-state index is -0.561. The molecule has 2 heterocycles. The minimum absolute atomic E-state index is 0.0373. The van der Waals surface area contributed by atoms with Gasteiger partial charge in [0.1, 0.15) is 5.57 Å². The van der Waals surface area contributed by atoms with Crippen LogP contribution in [0.4, 0.5) is 11.4 Å². The Bertz CT molecular complexity index is 1270. The molecular formula is C25H23Cl2N3O2S. The van der Waals surface area contributed by atoms with Crippen molar-refractivity contribution >= 4 is 75.4 Å². The first kappa shape index (κ1) is 23.5. The van der Waals surface area contributed by atoms with Crippen LogP contribution >= 0.6 is 35.4 Å². The van der Waals surface area contributed by atoms with Crippen LogP contribution in [0.2, 0.25) is 10.0 Å². The highest BCUT2D eigenvalue weighted by Crippen LogP contribution is 2.39. The molecule has 0 bridgehead atoms. The Morgan fingerprint density at radius 1 is 1.12 bits per heavy atom. The van der Waals surface area contributed by atoms with Crippen LogP contribution in [0.5, 0.6) is 0 Å². The average molecular weight is 500 g/mol. The van der Waals surface area contributed by atoms with E-state index in [0.29, 0.717) is 5.69 Å². The highest BCUT2D eigenvalue weighted by molar-refractivity contribution is 7.80. The van der Waals surface area contributed by atoms with Crippen molar-refractivity contribution in [3.8, 4) is 0 Å². The molecule has 33 heavy (non-hydrogen) atoms. The van der Waals surface area contributed by atoms with E-state index in [1.807, 2.05) is 18.2 Å². The van der Waals surface area contributed by atoms with Crippen molar-refractivity contribution in [2.45, 2.75) is 33.2 Å². The first-order valence-electron chi connectivity index (χ1n) is 10.5. The number of thiocarbonyl (C=S) groups is 1. The normalized spacial score (nSPS) is 18.9. The van der Waals surface area contributed by atoms with Crippen LogP contribution in [-0.2, 0) is 9.59 Å². The van der Waals surface area contributed by atoms with Gasteiger partial charge in [-0.05, 0) is 81.4 Å². The standard InChI is InChI=1S/C25H23Cl2N3O2S/c1-5-29-19-10-9-15(11-16(19)14(2)13-25(29,3)4)12-17-22(31)28-24(33)30(23(17)32)20-8-6-7-18(26)21(20)27/h6-13H,5H2,1-4H3,(H,28,31,33)/b17-12-. The highest BCUT2D eigenvalue weighted by Gasteiger charge is 2.36. The summed E-state index contributed by atoms with van der Waals surface area (Å²) in [6.07, 6.45) is 3.81. The van der Waals surface area contributed by atoms with Gasteiger partial charge >= 0.3 is 0 Å². The van der Waals surface area contributed by atoms with E-state index in [2.05, 4.69) is 44.0 Å². The van der Waals surface area contributed by atoms with Gasteiger partial charge in [-0.1, -0.05) is 41.4 Å². The molecule has 5 nitrogen and oxygen atoms in total. The van der Waals surface area contributed by atoms with Crippen LogP contribution < -0.4 is 15.1 Å². The van der Waals surface area contributed by atoms with Crippen LogP contribution in [0.15, 0.2) is 48.0 Å². The topological polar surface area (TPSA) is 52.7 Å². The Morgan fingerprint density at radius 3 is 2.55 bits per heavy atom. The Morgan fingerprint density at radius 2 is 1.85 bits per heavy atom. The lowest BCUT2D eigenvalue weighted by Crippen LogP contribution is -2.54. The zero-order chi connectivity index (χ0) is 24.1. The quantitative estimate of drug-likeness (QED) is 0.327. The average Bonchev–Trinajstić information content (AvgIpc) is 2.74. The lowest BCUT2D eigenvalue weighted by molar-refractivity contribution is -0.122. The first-order chi connectivity index (χ1) is 15.5. The maximum absolute atomic E-state index is 13.3. The van der Waals surface area contributed by atoms with E-state index in [9.17, 15) is 9.59 Å². The molecule has 0 spiro atoms. The van der Waals surface area contributed by atoms with Gasteiger partial charge in [-0.3, -0.25) is 19.8 Å². The second-order valence-corrected chi connectivity index (χ2v) is 9.70. The molecule has 0 atom stereocenters. The zero-order valence-electron chi connectivity index (χ0n) is 18.7. The van der Waals surface area contributed by atoms with E-state index >= 15 is 0 Å². The highest BCUT2D eigenvalue weighted by atomic mass is 35.5. The molecule has 2 amide bonds. The van der Waals surface area contributed by atoms with Gasteiger partial charge in [0, 0.05) is 17.8 Å². The number of rotatable bonds is 3. The summed E-state index contributed by atoms with van der Waals surface area (Å²) in [6, 6.07) is 10.8. The van der Waals surface area contributed by atoms with Gasteiger partial charge in [-0.25, -0.2) is 0 Å². The van der Waals surface area contributed by atoms with E-state index in [-0.39, 0.29) is 26.3 Å². The third-order valence-electron chi connectivity index (χ3n) is 5.90. The molecule has 2 aromatic carbocycles. The third-order valence-corrected chi connectivity index (χ3v) is 7.00. The molecule has 0 unspecified atom stereocenters. The largest absolute Gasteiger partial charge is 0.363 e. The molecule has 0 aromatic heterocycles. The summed E-state index contributed by atoms with van der Waals surface area (Å²) in [4.78, 5) is 29.6. The van der Waals surface area contributed by atoms with E-state index in [0.717, 1.165) is 28.9 Å². The van der Waals surface area contributed by atoms with Crippen molar-refractivity contribution in [3.05, 3.63) is 69.2 Å². The SMILES string of the molecule is CCN1c2ccc(/C=C3/C(=O)NC(=S)N(c4cccc(Cl)c4Cl)C3=O)cc2C(C)=CC1(C)C. The second-order valence-electron chi connectivity index (χ2n) is 8.53.